The number of aliphatic carboxylic acids is 1. The first-order chi connectivity index (χ1) is 13.6. The first kappa shape index (κ1) is 20.2. The van der Waals surface area contributed by atoms with E-state index in [0.717, 1.165) is 29.0 Å². The van der Waals surface area contributed by atoms with Gasteiger partial charge in [0.25, 0.3) is 5.56 Å². The van der Waals surface area contributed by atoms with Crippen LogP contribution in [0.2, 0.25) is 0 Å². The maximum atomic E-state index is 14.4. The average Bonchev–Trinajstić information content (AvgIpc) is 2.64. The lowest BCUT2D eigenvalue weighted by Gasteiger charge is -2.10. The van der Waals surface area contributed by atoms with Gasteiger partial charge in [-0.25, -0.2) is 9.07 Å². The van der Waals surface area contributed by atoms with E-state index in [0.29, 0.717) is 5.39 Å². The zero-order valence-corrected chi connectivity index (χ0v) is 14.8. The molecule has 0 radical (unpaired) electrons. The summed E-state index contributed by atoms with van der Waals surface area (Å²) in [5.41, 5.74) is -1.51. The molecule has 3 aromatic rings. The molecule has 1 aromatic heterocycles. The number of nitrogens with zero attached hydrogens (tertiary/aromatic N) is 2. The van der Waals surface area contributed by atoms with Crippen LogP contribution < -0.4 is 5.56 Å². The number of carboxylic acid groups (broad SMARTS) is 1. The van der Waals surface area contributed by atoms with Gasteiger partial charge in [0.1, 0.15) is 5.83 Å². The van der Waals surface area contributed by atoms with Gasteiger partial charge in [0.05, 0.1) is 29.6 Å². The van der Waals surface area contributed by atoms with Gasteiger partial charge in [-0.1, -0.05) is 30.3 Å². The molecule has 0 aliphatic carbocycles. The van der Waals surface area contributed by atoms with E-state index >= 15 is 0 Å². The van der Waals surface area contributed by atoms with Gasteiger partial charge in [0.2, 0.25) is 0 Å². The van der Waals surface area contributed by atoms with Gasteiger partial charge < -0.3 is 5.11 Å². The Hall–Kier alpha value is -3.49. The molecule has 0 saturated carbocycles. The van der Waals surface area contributed by atoms with Crippen molar-refractivity contribution in [3.63, 3.8) is 0 Å². The molecule has 0 fully saturated rings. The summed E-state index contributed by atoms with van der Waals surface area (Å²) in [6.07, 6.45) is -4.17. The Balaban J connectivity index is 1.99. The fraction of sp³-hybridized carbons (Fsp3) is 0.150. The van der Waals surface area contributed by atoms with Crippen molar-refractivity contribution in [3.05, 3.63) is 81.5 Å². The standard InChI is InChI=1S/C20H14F4N2O3/c21-14(9-12-4-3-5-13(8-12)20(22,23)24)11-26-19(29)16-7-2-1-6-15(16)17(25-26)10-18(27)28/h1-9H,10-11H2,(H,27,28)/b14-9-. The lowest BCUT2D eigenvalue weighted by molar-refractivity contribution is -0.138. The fourth-order valence-corrected chi connectivity index (χ4v) is 2.86. The van der Waals surface area contributed by atoms with Crippen LogP contribution in [0.25, 0.3) is 16.8 Å². The minimum absolute atomic E-state index is 0.0306. The molecule has 5 nitrogen and oxygen atoms in total. The second kappa shape index (κ2) is 7.86. The monoisotopic (exact) mass is 406 g/mol. The zero-order valence-electron chi connectivity index (χ0n) is 14.8. The number of fused-ring (bicyclic) bond motifs is 1. The summed E-state index contributed by atoms with van der Waals surface area (Å²) in [5.74, 6) is -2.08. The van der Waals surface area contributed by atoms with Gasteiger partial charge in [-0.15, -0.1) is 0 Å². The highest BCUT2D eigenvalue weighted by Crippen LogP contribution is 2.30. The third-order valence-electron chi connectivity index (χ3n) is 4.10. The van der Waals surface area contributed by atoms with Crippen LogP contribution in [0, 0.1) is 0 Å². The second-order valence-electron chi connectivity index (χ2n) is 6.24. The topological polar surface area (TPSA) is 72.2 Å². The summed E-state index contributed by atoms with van der Waals surface area (Å²) in [6.45, 7) is -0.646. The summed E-state index contributed by atoms with van der Waals surface area (Å²) in [4.78, 5) is 23.6. The maximum absolute atomic E-state index is 14.4. The Kier molecular flexibility index (Phi) is 5.49. The SMILES string of the molecule is O=C(O)Cc1nn(C/C(F)=C/c2cccc(C(F)(F)F)c2)c(=O)c2ccccc12. The molecule has 0 spiro atoms. The van der Waals surface area contributed by atoms with Crippen molar-refractivity contribution in [1.29, 1.82) is 0 Å². The molecule has 3 rings (SSSR count). The summed E-state index contributed by atoms with van der Waals surface area (Å²) in [7, 11) is 0. The molecule has 0 bridgehead atoms. The van der Waals surface area contributed by atoms with E-state index < -0.39 is 42.1 Å². The Morgan fingerprint density at radius 3 is 2.45 bits per heavy atom. The van der Waals surface area contributed by atoms with Gasteiger partial charge in [0.15, 0.2) is 0 Å². The molecule has 150 valence electrons. The van der Waals surface area contributed by atoms with Gasteiger partial charge in [-0.05, 0) is 29.8 Å². The lowest BCUT2D eigenvalue weighted by atomic mass is 10.1. The highest BCUT2D eigenvalue weighted by molar-refractivity contribution is 5.86. The number of halogens is 4. The first-order valence-corrected chi connectivity index (χ1v) is 8.39. The average molecular weight is 406 g/mol. The van der Waals surface area contributed by atoms with E-state index in [-0.39, 0.29) is 16.6 Å². The third-order valence-corrected chi connectivity index (χ3v) is 4.10. The number of carbonyl (C=O) groups is 1. The second-order valence-corrected chi connectivity index (χ2v) is 6.24. The highest BCUT2D eigenvalue weighted by Gasteiger charge is 2.30. The predicted octanol–water partition coefficient (Wildman–Crippen LogP) is 4.05. The van der Waals surface area contributed by atoms with Gasteiger partial charge in [-0.3, -0.25) is 9.59 Å². The number of hydrogen-bond donors (Lipinski definition) is 1. The Bertz CT molecular complexity index is 1170. The Labute approximate surface area is 161 Å². The van der Waals surface area contributed by atoms with Gasteiger partial charge in [0, 0.05) is 5.39 Å². The summed E-state index contributed by atoms with van der Waals surface area (Å²) in [5, 5.41) is 13.5. The molecule has 0 atom stereocenters. The number of benzene rings is 2. The van der Waals surface area contributed by atoms with E-state index in [9.17, 15) is 27.2 Å². The van der Waals surface area contributed by atoms with Gasteiger partial charge in [-0.2, -0.15) is 18.3 Å². The molecular weight excluding hydrogens is 392 g/mol. The van der Waals surface area contributed by atoms with E-state index in [2.05, 4.69) is 5.10 Å². The molecule has 1 heterocycles. The molecule has 0 amide bonds. The van der Waals surface area contributed by atoms with Crippen molar-refractivity contribution < 1.29 is 27.5 Å². The highest BCUT2D eigenvalue weighted by atomic mass is 19.4. The fourth-order valence-electron chi connectivity index (χ4n) is 2.86. The van der Waals surface area contributed by atoms with Crippen LogP contribution >= 0.6 is 0 Å². The van der Waals surface area contributed by atoms with Gasteiger partial charge >= 0.3 is 12.1 Å². The minimum atomic E-state index is -4.57. The minimum Gasteiger partial charge on any atom is -0.481 e. The molecule has 2 aromatic carbocycles. The van der Waals surface area contributed by atoms with Crippen molar-refractivity contribution in [2.45, 2.75) is 19.1 Å². The van der Waals surface area contributed by atoms with Crippen molar-refractivity contribution in [2.24, 2.45) is 0 Å². The molecule has 29 heavy (non-hydrogen) atoms. The Morgan fingerprint density at radius 2 is 1.79 bits per heavy atom. The third kappa shape index (κ3) is 4.68. The van der Waals surface area contributed by atoms with Crippen molar-refractivity contribution >= 4 is 22.8 Å². The number of aromatic nitrogens is 2. The number of allylic oxidation sites excluding steroid dienone is 1. The molecule has 1 N–H and O–H groups in total. The molecule has 9 heteroatoms. The quantitative estimate of drug-likeness (QED) is 0.649. The number of rotatable bonds is 5. The van der Waals surface area contributed by atoms with E-state index in [4.69, 9.17) is 5.11 Å². The van der Waals surface area contributed by atoms with E-state index in [1.165, 1.54) is 12.1 Å². The largest absolute Gasteiger partial charge is 0.481 e. The molecular formula is C20H14F4N2O3. The predicted molar refractivity (Wildman–Crippen MR) is 97.9 cm³/mol. The van der Waals surface area contributed by atoms with Crippen LogP contribution in [0.1, 0.15) is 16.8 Å². The maximum Gasteiger partial charge on any atom is 0.416 e. The lowest BCUT2D eigenvalue weighted by Crippen LogP contribution is -2.25. The molecule has 0 aliphatic rings. The zero-order chi connectivity index (χ0) is 21.2. The normalized spacial score (nSPS) is 12.3. The number of hydrogen-bond acceptors (Lipinski definition) is 3. The number of alkyl halides is 3. The van der Waals surface area contributed by atoms with E-state index in [1.54, 1.807) is 18.2 Å². The first-order valence-electron chi connectivity index (χ1n) is 8.39. The van der Waals surface area contributed by atoms with Crippen molar-refractivity contribution in [2.75, 3.05) is 0 Å². The van der Waals surface area contributed by atoms with Crippen LogP contribution in [0.15, 0.2) is 59.2 Å². The molecule has 0 unspecified atom stereocenters. The Morgan fingerprint density at radius 1 is 1.10 bits per heavy atom. The van der Waals surface area contributed by atoms with Crippen molar-refractivity contribution in [1.82, 2.24) is 9.78 Å². The van der Waals surface area contributed by atoms with E-state index in [1.807, 2.05) is 0 Å². The van der Waals surface area contributed by atoms with Crippen LogP contribution in [-0.2, 0) is 23.9 Å². The van der Waals surface area contributed by atoms with Crippen LogP contribution in [-0.4, -0.2) is 20.9 Å². The van der Waals surface area contributed by atoms with Crippen LogP contribution in [0.5, 0.6) is 0 Å². The molecule has 0 aliphatic heterocycles. The van der Waals surface area contributed by atoms with Crippen LogP contribution in [0.4, 0.5) is 17.6 Å². The van der Waals surface area contributed by atoms with Crippen LogP contribution in [0.3, 0.4) is 0 Å². The van der Waals surface area contributed by atoms with Crippen molar-refractivity contribution in [3.8, 4) is 0 Å². The number of carboxylic acids is 1. The molecule has 0 saturated heterocycles. The summed E-state index contributed by atoms with van der Waals surface area (Å²) >= 11 is 0. The summed E-state index contributed by atoms with van der Waals surface area (Å²) in [6, 6.07) is 10.3. The summed E-state index contributed by atoms with van der Waals surface area (Å²) < 4.78 is 53.6. The smallest absolute Gasteiger partial charge is 0.416 e.